The first kappa shape index (κ1) is 21.4. The average molecular weight is 432 g/mol. The molecule has 8 heteroatoms. The summed E-state index contributed by atoms with van der Waals surface area (Å²) in [5.41, 5.74) is 0.724. The van der Waals surface area contributed by atoms with Crippen LogP contribution in [0.3, 0.4) is 0 Å². The minimum atomic E-state index is -0.563. The minimum Gasteiger partial charge on any atom is -0.495 e. The van der Waals surface area contributed by atoms with Crippen molar-refractivity contribution >= 4 is 29.2 Å². The van der Waals surface area contributed by atoms with E-state index in [0.29, 0.717) is 33.5 Å². The molecule has 30 heavy (non-hydrogen) atoms. The molecule has 3 aromatic rings. The topological polar surface area (TPSA) is 77.8 Å². The number of rotatable bonds is 8. The van der Waals surface area contributed by atoms with Crippen molar-refractivity contribution in [1.29, 1.82) is 0 Å². The molecule has 0 fully saturated rings. The Balaban J connectivity index is 1.47. The molecule has 156 valence electrons. The van der Waals surface area contributed by atoms with Crippen molar-refractivity contribution in [2.45, 2.75) is 12.8 Å². The van der Waals surface area contributed by atoms with Crippen LogP contribution >= 0.6 is 11.6 Å². The van der Waals surface area contributed by atoms with Crippen LogP contribution in [0.15, 0.2) is 59.0 Å². The lowest BCUT2D eigenvalue weighted by Crippen LogP contribution is -2.21. The monoisotopic (exact) mass is 431 g/mol. The highest BCUT2D eigenvalue weighted by atomic mass is 35.5. The van der Waals surface area contributed by atoms with E-state index >= 15 is 0 Å². The van der Waals surface area contributed by atoms with Gasteiger partial charge in [-0.3, -0.25) is 9.59 Å². The molecule has 0 saturated heterocycles. The molecular formula is C22H19ClFNO5. The summed E-state index contributed by atoms with van der Waals surface area (Å²) in [5.74, 6) is -0.150. The summed E-state index contributed by atoms with van der Waals surface area (Å²) in [6, 6.07) is 14.4. The largest absolute Gasteiger partial charge is 0.495 e. The maximum Gasteiger partial charge on any atom is 0.306 e. The second kappa shape index (κ2) is 9.93. The van der Waals surface area contributed by atoms with E-state index in [1.54, 1.807) is 42.5 Å². The summed E-state index contributed by atoms with van der Waals surface area (Å²) >= 11 is 5.91. The van der Waals surface area contributed by atoms with Gasteiger partial charge in [-0.1, -0.05) is 23.7 Å². The Labute approximate surface area is 177 Å². The molecule has 1 aromatic heterocycles. The molecule has 1 N–H and O–H groups in total. The molecule has 0 spiro atoms. The van der Waals surface area contributed by atoms with Crippen LogP contribution in [-0.4, -0.2) is 25.6 Å². The standard InChI is InChI=1S/C22H19ClFNO5/c1-28-20-9-6-14(23)12-18(20)25-21(26)13-29-22(27)11-8-15-7-10-19(30-15)16-4-2-3-5-17(16)24/h2-7,9-10,12H,8,11,13H2,1H3,(H,25,26). The van der Waals surface area contributed by atoms with Crippen molar-refractivity contribution in [1.82, 2.24) is 0 Å². The summed E-state index contributed by atoms with van der Waals surface area (Å²) < 4.78 is 29.5. The molecule has 0 unspecified atom stereocenters. The van der Waals surface area contributed by atoms with E-state index in [9.17, 15) is 14.0 Å². The summed E-state index contributed by atoms with van der Waals surface area (Å²) in [5, 5.41) is 3.01. The third-order valence-electron chi connectivity index (χ3n) is 4.18. The third kappa shape index (κ3) is 5.61. The van der Waals surface area contributed by atoms with Crippen molar-refractivity contribution in [3.8, 4) is 17.1 Å². The van der Waals surface area contributed by atoms with Crippen molar-refractivity contribution in [3.63, 3.8) is 0 Å². The lowest BCUT2D eigenvalue weighted by molar-refractivity contribution is -0.147. The molecule has 3 rings (SSSR count). The van der Waals surface area contributed by atoms with Crippen LogP contribution in [0.1, 0.15) is 12.2 Å². The van der Waals surface area contributed by atoms with Crippen LogP contribution in [0.2, 0.25) is 5.02 Å². The molecule has 2 aromatic carbocycles. The van der Waals surface area contributed by atoms with Crippen LogP contribution in [-0.2, 0) is 20.7 Å². The van der Waals surface area contributed by atoms with Gasteiger partial charge in [0.15, 0.2) is 6.61 Å². The van der Waals surface area contributed by atoms with Gasteiger partial charge >= 0.3 is 5.97 Å². The van der Waals surface area contributed by atoms with Crippen LogP contribution < -0.4 is 10.1 Å². The Kier molecular flexibility index (Phi) is 7.08. The smallest absolute Gasteiger partial charge is 0.306 e. The highest BCUT2D eigenvalue weighted by Gasteiger charge is 2.13. The number of furan rings is 1. The quantitative estimate of drug-likeness (QED) is 0.515. The zero-order valence-electron chi connectivity index (χ0n) is 16.1. The first-order valence-corrected chi connectivity index (χ1v) is 9.46. The van der Waals surface area contributed by atoms with Gasteiger partial charge in [-0.05, 0) is 42.5 Å². The lowest BCUT2D eigenvalue weighted by Gasteiger charge is -2.10. The molecule has 0 aliphatic carbocycles. The molecular weight excluding hydrogens is 413 g/mol. The van der Waals surface area contributed by atoms with Gasteiger partial charge in [0.25, 0.3) is 5.91 Å². The number of aryl methyl sites for hydroxylation is 1. The van der Waals surface area contributed by atoms with Crippen molar-refractivity contribution < 1.29 is 27.9 Å². The number of hydrogen-bond acceptors (Lipinski definition) is 5. The SMILES string of the molecule is COc1ccc(Cl)cc1NC(=O)COC(=O)CCc1ccc(-c2ccccc2F)o1. The second-order valence-corrected chi connectivity index (χ2v) is 6.74. The second-order valence-electron chi connectivity index (χ2n) is 6.30. The van der Waals surface area contributed by atoms with Crippen LogP contribution in [0.25, 0.3) is 11.3 Å². The zero-order chi connectivity index (χ0) is 21.5. The number of carbonyl (C=O) groups excluding carboxylic acids is 2. The number of anilines is 1. The van der Waals surface area contributed by atoms with Crippen molar-refractivity contribution in [3.05, 3.63) is 71.2 Å². The first-order chi connectivity index (χ1) is 14.5. The van der Waals surface area contributed by atoms with Gasteiger partial charge < -0.3 is 19.2 Å². The first-order valence-electron chi connectivity index (χ1n) is 9.09. The number of ether oxygens (including phenoxy) is 2. The van der Waals surface area contributed by atoms with Crippen molar-refractivity contribution in [2.24, 2.45) is 0 Å². The normalized spacial score (nSPS) is 10.5. The van der Waals surface area contributed by atoms with Gasteiger partial charge in [0, 0.05) is 11.4 Å². The highest BCUT2D eigenvalue weighted by molar-refractivity contribution is 6.31. The maximum absolute atomic E-state index is 13.8. The minimum absolute atomic E-state index is 0.0119. The Hall–Kier alpha value is -3.32. The average Bonchev–Trinajstić information content (AvgIpc) is 3.20. The summed E-state index contributed by atoms with van der Waals surface area (Å²) in [6.07, 6.45) is 0.273. The molecule has 0 saturated carbocycles. The lowest BCUT2D eigenvalue weighted by atomic mass is 10.1. The Bertz CT molecular complexity index is 1050. The summed E-state index contributed by atoms with van der Waals surface area (Å²) in [4.78, 5) is 24.0. The van der Waals surface area contributed by atoms with E-state index < -0.39 is 18.5 Å². The van der Waals surface area contributed by atoms with Crippen LogP contribution in [0.5, 0.6) is 5.75 Å². The number of carbonyl (C=O) groups is 2. The number of hydrogen-bond donors (Lipinski definition) is 1. The fraction of sp³-hybridized carbons (Fsp3) is 0.182. The van der Waals surface area contributed by atoms with E-state index in [0.717, 1.165) is 0 Å². The molecule has 6 nitrogen and oxygen atoms in total. The third-order valence-corrected chi connectivity index (χ3v) is 4.41. The molecule has 1 amide bonds. The van der Waals surface area contributed by atoms with E-state index in [1.165, 1.54) is 19.2 Å². The van der Waals surface area contributed by atoms with Gasteiger partial charge in [0.05, 0.1) is 24.8 Å². The van der Waals surface area contributed by atoms with Gasteiger partial charge in [0.1, 0.15) is 23.1 Å². The Morgan fingerprint density at radius 1 is 1.13 bits per heavy atom. The van der Waals surface area contributed by atoms with Crippen LogP contribution in [0.4, 0.5) is 10.1 Å². The predicted molar refractivity (Wildman–Crippen MR) is 110 cm³/mol. The molecule has 0 bridgehead atoms. The molecule has 0 atom stereocenters. The molecule has 0 aliphatic heterocycles. The number of halogens is 2. The zero-order valence-corrected chi connectivity index (χ0v) is 16.9. The summed E-state index contributed by atoms with van der Waals surface area (Å²) in [7, 11) is 1.46. The number of amides is 1. The molecule has 1 heterocycles. The van der Waals surface area contributed by atoms with Crippen molar-refractivity contribution in [2.75, 3.05) is 19.0 Å². The van der Waals surface area contributed by atoms with Gasteiger partial charge in [-0.2, -0.15) is 0 Å². The van der Waals surface area contributed by atoms with Gasteiger partial charge in [0.2, 0.25) is 0 Å². The summed E-state index contributed by atoms with van der Waals surface area (Å²) in [6.45, 7) is -0.451. The van der Waals surface area contributed by atoms with Gasteiger partial charge in [-0.25, -0.2) is 4.39 Å². The number of benzene rings is 2. The van der Waals surface area contributed by atoms with E-state index in [2.05, 4.69) is 5.32 Å². The number of esters is 1. The van der Waals surface area contributed by atoms with E-state index in [-0.39, 0.29) is 18.7 Å². The number of nitrogens with one attached hydrogen (secondary N) is 1. The highest BCUT2D eigenvalue weighted by Crippen LogP contribution is 2.28. The predicted octanol–water partition coefficient (Wildman–Crippen LogP) is 4.86. The van der Waals surface area contributed by atoms with E-state index in [4.69, 9.17) is 25.5 Å². The Morgan fingerprint density at radius 3 is 2.70 bits per heavy atom. The van der Waals surface area contributed by atoms with E-state index in [1.807, 2.05) is 0 Å². The fourth-order valence-corrected chi connectivity index (χ4v) is 2.90. The fourth-order valence-electron chi connectivity index (χ4n) is 2.73. The van der Waals surface area contributed by atoms with Crippen LogP contribution in [0, 0.1) is 5.82 Å². The van der Waals surface area contributed by atoms with Gasteiger partial charge in [-0.15, -0.1) is 0 Å². The Morgan fingerprint density at radius 2 is 1.93 bits per heavy atom. The maximum atomic E-state index is 13.8. The molecule has 0 radical (unpaired) electrons. The molecule has 0 aliphatic rings. The number of methoxy groups -OCH3 is 1.